The molecule has 0 radical (unpaired) electrons. The van der Waals surface area contributed by atoms with E-state index in [0.29, 0.717) is 0 Å². The van der Waals surface area contributed by atoms with Crippen LogP contribution in [0.4, 0.5) is 0 Å². The van der Waals surface area contributed by atoms with Gasteiger partial charge in [-0.1, -0.05) is 6.92 Å². The first-order valence-electron chi connectivity index (χ1n) is 6.56. The number of nitrogens with zero attached hydrogens (tertiary/aromatic N) is 1. The molecule has 1 saturated heterocycles. The predicted octanol–water partition coefficient (Wildman–Crippen LogP) is 1.18. The fourth-order valence-electron chi connectivity index (χ4n) is 2.39. The zero-order chi connectivity index (χ0) is 11.4. The molecule has 0 bridgehead atoms. The number of amides is 1. The number of nitrogens with one attached hydrogen (secondary N) is 2. The second kappa shape index (κ2) is 8.97. The molecule has 2 rings (SSSR count). The summed E-state index contributed by atoms with van der Waals surface area (Å²) in [6.45, 7) is 6.07. The predicted molar refractivity (Wildman–Crippen MR) is 78.8 cm³/mol. The first-order chi connectivity index (χ1) is 7.81. The zero-order valence-electron chi connectivity index (χ0n) is 11.0. The van der Waals surface area contributed by atoms with Crippen LogP contribution in [0.25, 0.3) is 0 Å². The molecule has 1 atom stereocenters. The fraction of sp³-hybridized carbons (Fsp3) is 0.917. The lowest BCUT2D eigenvalue weighted by Gasteiger charge is -2.20. The summed E-state index contributed by atoms with van der Waals surface area (Å²) in [5, 5.41) is 6.25. The fourth-order valence-corrected chi connectivity index (χ4v) is 2.39. The van der Waals surface area contributed by atoms with Crippen molar-refractivity contribution < 1.29 is 4.79 Å². The lowest BCUT2D eigenvalue weighted by molar-refractivity contribution is -0.122. The Kier molecular flexibility index (Phi) is 8.95. The summed E-state index contributed by atoms with van der Waals surface area (Å²) >= 11 is 0. The molecule has 6 heteroatoms. The van der Waals surface area contributed by atoms with Gasteiger partial charge in [-0.05, 0) is 38.8 Å². The Balaban J connectivity index is 0.00000144. The number of hydrogen-bond acceptors (Lipinski definition) is 3. The number of likely N-dealkylation sites (N-methyl/N-ethyl adjacent to an activating group) is 1. The molecule has 2 N–H and O–H groups in total. The van der Waals surface area contributed by atoms with Crippen molar-refractivity contribution in [1.29, 1.82) is 0 Å². The normalized spacial score (nSPS) is 22.2. The molecule has 0 aromatic rings. The van der Waals surface area contributed by atoms with E-state index in [1.807, 2.05) is 0 Å². The van der Waals surface area contributed by atoms with Gasteiger partial charge in [-0.2, -0.15) is 0 Å². The van der Waals surface area contributed by atoms with Crippen LogP contribution < -0.4 is 10.6 Å². The van der Waals surface area contributed by atoms with Crippen LogP contribution in [0.1, 0.15) is 32.6 Å². The molecule has 0 spiro atoms. The van der Waals surface area contributed by atoms with E-state index >= 15 is 0 Å². The molecule has 0 aromatic carbocycles. The summed E-state index contributed by atoms with van der Waals surface area (Å²) in [7, 11) is 0. The van der Waals surface area contributed by atoms with Crippen LogP contribution in [-0.2, 0) is 4.79 Å². The van der Waals surface area contributed by atoms with Gasteiger partial charge in [0.2, 0.25) is 5.91 Å². The molecule has 1 heterocycles. The number of carbonyl (C=O) groups is 1. The van der Waals surface area contributed by atoms with Crippen molar-refractivity contribution in [3.8, 4) is 0 Å². The van der Waals surface area contributed by atoms with Gasteiger partial charge in [0.05, 0.1) is 6.04 Å². The highest BCUT2D eigenvalue weighted by Gasteiger charge is 2.27. The third-order valence-electron chi connectivity index (χ3n) is 3.54. The van der Waals surface area contributed by atoms with Crippen molar-refractivity contribution in [3.63, 3.8) is 0 Å². The van der Waals surface area contributed by atoms with Gasteiger partial charge < -0.3 is 10.6 Å². The van der Waals surface area contributed by atoms with E-state index in [9.17, 15) is 4.79 Å². The van der Waals surface area contributed by atoms with E-state index in [-0.39, 0.29) is 36.8 Å². The van der Waals surface area contributed by atoms with Gasteiger partial charge in [-0.15, -0.1) is 24.8 Å². The Labute approximate surface area is 122 Å². The molecular weight excluding hydrogens is 273 g/mol. The van der Waals surface area contributed by atoms with Crippen LogP contribution in [0, 0.1) is 0 Å². The van der Waals surface area contributed by atoms with Crippen molar-refractivity contribution in [2.45, 2.75) is 44.7 Å². The lowest BCUT2D eigenvalue weighted by atomic mass is 10.2. The van der Waals surface area contributed by atoms with Gasteiger partial charge >= 0.3 is 0 Å². The maximum Gasteiger partial charge on any atom is 0.237 e. The zero-order valence-corrected chi connectivity index (χ0v) is 12.6. The molecule has 2 fully saturated rings. The van der Waals surface area contributed by atoms with Crippen LogP contribution >= 0.6 is 24.8 Å². The second-order valence-electron chi connectivity index (χ2n) is 4.80. The third-order valence-corrected chi connectivity index (χ3v) is 3.54. The Morgan fingerprint density at radius 2 is 2.06 bits per heavy atom. The molecule has 0 aromatic heterocycles. The highest BCUT2D eigenvalue weighted by molar-refractivity contribution is 5.85. The molecule has 2 aliphatic rings. The van der Waals surface area contributed by atoms with E-state index in [2.05, 4.69) is 22.5 Å². The molecule has 1 aliphatic heterocycles. The van der Waals surface area contributed by atoms with Crippen LogP contribution in [0.3, 0.4) is 0 Å². The monoisotopic (exact) mass is 297 g/mol. The summed E-state index contributed by atoms with van der Waals surface area (Å²) in [5.74, 6) is 0.185. The van der Waals surface area contributed by atoms with Gasteiger partial charge in [0, 0.05) is 19.1 Å². The first-order valence-corrected chi connectivity index (χ1v) is 6.56. The van der Waals surface area contributed by atoms with Crippen molar-refractivity contribution in [3.05, 3.63) is 0 Å². The molecule has 108 valence electrons. The minimum Gasteiger partial charge on any atom is -0.353 e. The molecule has 1 aliphatic carbocycles. The molecule has 1 amide bonds. The largest absolute Gasteiger partial charge is 0.353 e. The molecule has 18 heavy (non-hydrogen) atoms. The van der Waals surface area contributed by atoms with Crippen molar-refractivity contribution in [2.24, 2.45) is 0 Å². The maximum absolute atomic E-state index is 11.7. The second-order valence-corrected chi connectivity index (χ2v) is 4.80. The average molecular weight is 298 g/mol. The van der Waals surface area contributed by atoms with Gasteiger partial charge in [-0.25, -0.2) is 0 Å². The minimum atomic E-state index is 0. The minimum absolute atomic E-state index is 0. The van der Waals surface area contributed by atoms with Gasteiger partial charge in [0.25, 0.3) is 0 Å². The van der Waals surface area contributed by atoms with Gasteiger partial charge in [-0.3, -0.25) is 9.69 Å². The smallest absolute Gasteiger partial charge is 0.237 e. The van der Waals surface area contributed by atoms with E-state index in [4.69, 9.17) is 0 Å². The molecular formula is C12H25Cl2N3O. The molecule has 1 saturated carbocycles. The standard InChI is InChI=1S/C12H23N3O.2ClH/c1-2-15(10-5-6-10)9-8-14-12(16)11-4-3-7-13-11;;/h10-11,13H,2-9H2,1H3,(H,14,16);2*1H. The molecule has 1 unspecified atom stereocenters. The van der Waals surface area contributed by atoms with Crippen molar-refractivity contribution >= 4 is 30.7 Å². The van der Waals surface area contributed by atoms with Gasteiger partial charge in [0.1, 0.15) is 0 Å². The average Bonchev–Trinajstić information content (AvgIpc) is 2.97. The van der Waals surface area contributed by atoms with Crippen LogP contribution in [-0.4, -0.2) is 49.1 Å². The Morgan fingerprint density at radius 3 is 2.56 bits per heavy atom. The van der Waals surface area contributed by atoms with Gasteiger partial charge in [0.15, 0.2) is 0 Å². The topological polar surface area (TPSA) is 44.4 Å². The van der Waals surface area contributed by atoms with E-state index < -0.39 is 0 Å². The Bertz CT molecular complexity index is 243. The number of carbonyl (C=O) groups excluding carboxylic acids is 1. The highest BCUT2D eigenvalue weighted by atomic mass is 35.5. The maximum atomic E-state index is 11.7. The summed E-state index contributed by atoms with van der Waals surface area (Å²) in [6.07, 6.45) is 4.80. The van der Waals surface area contributed by atoms with Crippen LogP contribution in [0.15, 0.2) is 0 Å². The van der Waals surface area contributed by atoms with Crippen LogP contribution in [0.2, 0.25) is 0 Å². The van der Waals surface area contributed by atoms with E-state index in [0.717, 1.165) is 45.1 Å². The lowest BCUT2D eigenvalue weighted by Crippen LogP contribution is -2.43. The van der Waals surface area contributed by atoms with E-state index in [1.165, 1.54) is 12.8 Å². The summed E-state index contributed by atoms with van der Waals surface area (Å²) < 4.78 is 0. The van der Waals surface area contributed by atoms with Crippen molar-refractivity contribution in [1.82, 2.24) is 15.5 Å². The number of halogens is 2. The number of hydrogen-bond donors (Lipinski definition) is 2. The molecule has 4 nitrogen and oxygen atoms in total. The summed E-state index contributed by atoms with van der Waals surface area (Å²) in [4.78, 5) is 14.2. The first kappa shape index (κ1) is 18.0. The quantitative estimate of drug-likeness (QED) is 0.774. The van der Waals surface area contributed by atoms with E-state index in [1.54, 1.807) is 0 Å². The SMILES string of the molecule is CCN(CCNC(=O)C1CCCN1)C1CC1.Cl.Cl. The summed E-state index contributed by atoms with van der Waals surface area (Å²) in [6, 6.07) is 0.863. The summed E-state index contributed by atoms with van der Waals surface area (Å²) in [5.41, 5.74) is 0. The third kappa shape index (κ3) is 5.31. The Hall–Kier alpha value is -0.0300. The Morgan fingerprint density at radius 1 is 1.33 bits per heavy atom. The van der Waals surface area contributed by atoms with Crippen LogP contribution in [0.5, 0.6) is 0 Å². The number of rotatable bonds is 6. The highest BCUT2D eigenvalue weighted by Crippen LogP contribution is 2.25. The van der Waals surface area contributed by atoms with Crippen molar-refractivity contribution in [2.75, 3.05) is 26.2 Å².